The Morgan fingerprint density at radius 2 is 1.57 bits per heavy atom. The van der Waals surface area contributed by atoms with Gasteiger partial charge in [0.2, 0.25) is 0 Å². The van der Waals surface area contributed by atoms with Gasteiger partial charge in [-0.25, -0.2) is 0 Å². The van der Waals surface area contributed by atoms with Crippen molar-refractivity contribution in [3.05, 3.63) is 59.7 Å². The molecule has 23 heavy (non-hydrogen) atoms. The molecule has 3 nitrogen and oxygen atoms in total. The second-order valence-electron chi connectivity index (χ2n) is 6.83. The van der Waals surface area contributed by atoms with Crippen LogP contribution in [0.5, 0.6) is 11.5 Å². The first-order valence-electron chi connectivity index (χ1n) is 8.50. The molecule has 4 rings (SSSR count). The topological polar surface area (TPSA) is 15.7 Å². The third-order valence-electron chi connectivity index (χ3n) is 5.17. The third-order valence-corrected chi connectivity index (χ3v) is 5.17. The van der Waals surface area contributed by atoms with Crippen molar-refractivity contribution in [2.75, 3.05) is 27.2 Å². The Balaban J connectivity index is 1.75. The predicted molar refractivity (Wildman–Crippen MR) is 93.1 cm³/mol. The number of piperidine rings is 1. The number of rotatable bonds is 2. The molecule has 0 amide bonds. The summed E-state index contributed by atoms with van der Waals surface area (Å²) in [4.78, 5) is 5.00. The molecule has 0 saturated carbocycles. The summed E-state index contributed by atoms with van der Waals surface area (Å²) in [6, 6.07) is 17.9. The summed E-state index contributed by atoms with van der Waals surface area (Å²) < 4.78 is 6.14. The lowest BCUT2D eigenvalue weighted by atomic mass is 9.91. The Morgan fingerprint density at radius 1 is 0.957 bits per heavy atom. The van der Waals surface area contributed by atoms with Crippen LogP contribution in [0.15, 0.2) is 48.5 Å². The number of fused-ring (bicyclic) bond motifs is 2. The maximum Gasteiger partial charge on any atom is 0.132 e. The number of nitrogens with zero attached hydrogens (tertiary/aromatic N) is 2. The molecule has 2 aliphatic heterocycles. The van der Waals surface area contributed by atoms with Crippen molar-refractivity contribution in [3.63, 3.8) is 0 Å². The van der Waals surface area contributed by atoms with Crippen LogP contribution in [0.4, 0.5) is 0 Å². The van der Waals surface area contributed by atoms with E-state index < -0.39 is 0 Å². The maximum absolute atomic E-state index is 6.14. The average Bonchev–Trinajstić information content (AvgIpc) is 2.59. The van der Waals surface area contributed by atoms with Gasteiger partial charge < -0.3 is 9.64 Å². The fraction of sp³-hybridized carbons (Fsp3) is 0.400. The second kappa shape index (κ2) is 5.99. The summed E-state index contributed by atoms with van der Waals surface area (Å²) in [6.07, 6.45) is 2.54. The molecule has 120 valence electrons. The lowest BCUT2D eigenvalue weighted by molar-refractivity contribution is 0.106. The van der Waals surface area contributed by atoms with E-state index in [0.717, 1.165) is 24.6 Å². The minimum atomic E-state index is 0.305. The zero-order valence-corrected chi connectivity index (χ0v) is 13.9. The van der Waals surface area contributed by atoms with Crippen molar-refractivity contribution >= 4 is 0 Å². The molecular formula is C20H24N2O. The highest BCUT2D eigenvalue weighted by molar-refractivity contribution is 5.53. The predicted octanol–water partition coefficient (Wildman–Crippen LogP) is 3.91. The van der Waals surface area contributed by atoms with Crippen LogP contribution >= 0.6 is 0 Å². The van der Waals surface area contributed by atoms with Crippen LogP contribution in [-0.4, -0.2) is 43.0 Å². The van der Waals surface area contributed by atoms with Crippen LogP contribution in [0.25, 0.3) is 0 Å². The van der Waals surface area contributed by atoms with Crippen LogP contribution in [-0.2, 0) is 0 Å². The molecule has 2 aromatic rings. The molecule has 0 bridgehead atoms. The SMILES string of the molecule is CN(C)[C@H]1CCCN(C2c3ccccc3Oc3ccccc32)C1. The highest BCUT2D eigenvalue weighted by atomic mass is 16.5. The van der Waals surface area contributed by atoms with Crippen molar-refractivity contribution in [2.45, 2.75) is 24.9 Å². The minimum Gasteiger partial charge on any atom is -0.457 e. The van der Waals surface area contributed by atoms with Gasteiger partial charge in [-0.15, -0.1) is 0 Å². The van der Waals surface area contributed by atoms with Gasteiger partial charge in [0.05, 0.1) is 6.04 Å². The summed E-state index contributed by atoms with van der Waals surface area (Å²) >= 11 is 0. The van der Waals surface area contributed by atoms with Crippen LogP contribution < -0.4 is 4.74 Å². The van der Waals surface area contributed by atoms with Gasteiger partial charge in [0.1, 0.15) is 11.5 Å². The monoisotopic (exact) mass is 308 g/mol. The van der Waals surface area contributed by atoms with Gasteiger partial charge >= 0.3 is 0 Å². The summed E-state index contributed by atoms with van der Waals surface area (Å²) in [5.74, 6) is 2.01. The molecule has 2 aromatic carbocycles. The van der Waals surface area contributed by atoms with Crippen molar-refractivity contribution in [1.82, 2.24) is 9.80 Å². The third kappa shape index (κ3) is 2.64. The smallest absolute Gasteiger partial charge is 0.132 e. The quantitative estimate of drug-likeness (QED) is 0.836. The number of benzene rings is 2. The Labute approximate surface area is 138 Å². The Morgan fingerprint density at radius 3 is 2.17 bits per heavy atom. The van der Waals surface area contributed by atoms with Gasteiger partial charge in [-0.1, -0.05) is 36.4 Å². The van der Waals surface area contributed by atoms with Crippen LogP contribution in [0, 0.1) is 0 Å². The number of ether oxygens (including phenoxy) is 1. The molecule has 0 radical (unpaired) electrons. The molecular weight excluding hydrogens is 284 g/mol. The molecule has 2 heterocycles. The van der Waals surface area contributed by atoms with Gasteiger partial charge in [-0.2, -0.15) is 0 Å². The summed E-state index contributed by atoms with van der Waals surface area (Å²) in [6.45, 7) is 2.26. The van der Waals surface area contributed by atoms with E-state index in [1.165, 1.54) is 24.0 Å². The molecule has 3 heteroatoms. The van der Waals surface area contributed by atoms with E-state index in [1.807, 2.05) is 0 Å². The number of likely N-dealkylation sites (N-methyl/N-ethyl adjacent to an activating group) is 1. The number of likely N-dealkylation sites (tertiary alicyclic amines) is 1. The first kappa shape index (κ1) is 14.7. The summed E-state index contributed by atoms with van der Waals surface area (Å²) in [5, 5.41) is 0. The maximum atomic E-state index is 6.14. The molecule has 1 saturated heterocycles. The standard InChI is InChI=1S/C20H24N2O/c1-21(2)15-8-7-13-22(14-15)20-16-9-3-5-11-18(16)23-19-12-6-4-10-17(19)20/h3-6,9-12,15,20H,7-8,13-14H2,1-2H3/t15-/m0/s1. The molecule has 0 aliphatic carbocycles. The van der Waals surface area contributed by atoms with Gasteiger partial charge in [0.25, 0.3) is 0 Å². The average molecular weight is 308 g/mol. The fourth-order valence-corrected chi connectivity index (χ4v) is 3.92. The largest absolute Gasteiger partial charge is 0.457 e. The minimum absolute atomic E-state index is 0.305. The molecule has 0 N–H and O–H groups in total. The Kier molecular flexibility index (Phi) is 3.83. The van der Waals surface area contributed by atoms with E-state index >= 15 is 0 Å². The van der Waals surface area contributed by atoms with Crippen molar-refractivity contribution < 1.29 is 4.74 Å². The zero-order valence-electron chi connectivity index (χ0n) is 13.9. The van der Waals surface area contributed by atoms with Gasteiger partial charge in [-0.3, -0.25) is 4.90 Å². The van der Waals surface area contributed by atoms with E-state index in [4.69, 9.17) is 4.74 Å². The Bertz CT molecular complexity index is 652. The molecule has 2 aliphatic rings. The van der Waals surface area contributed by atoms with Gasteiger partial charge in [-0.05, 0) is 45.6 Å². The fourth-order valence-electron chi connectivity index (χ4n) is 3.92. The first-order chi connectivity index (χ1) is 11.2. The normalized spacial score (nSPS) is 21.6. The first-order valence-corrected chi connectivity index (χ1v) is 8.50. The van der Waals surface area contributed by atoms with Crippen LogP contribution in [0.3, 0.4) is 0 Å². The molecule has 1 atom stereocenters. The van der Waals surface area contributed by atoms with Gasteiger partial charge in [0, 0.05) is 23.7 Å². The van der Waals surface area contributed by atoms with E-state index in [9.17, 15) is 0 Å². The number of hydrogen-bond acceptors (Lipinski definition) is 3. The zero-order chi connectivity index (χ0) is 15.8. The molecule has 0 spiro atoms. The second-order valence-corrected chi connectivity index (χ2v) is 6.83. The number of para-hydroxylation sites is 2. The van der Waals surface area contributed by atoms with Crippen LogP contribution in [0.2, 0.25) is 0 Å². The van der Waals surface area contributed by atoms with Gasteiger partial charge in [0.15, 0.2) is 0 Å². The molecule has 0 aromatic heterocycles. The van der Waals surface area contributed by atoms with E-state index in [1.54, 1.807) is 0 Å². The van der Waals surface area contributed by atoms with E-state index in [-0.39, 0.29) is 0 Å². The lowest BCUT2D eigenvalue weighted by Crippen LogP contribution is -2.47. The highest BCUT2D eigenvalue weighted by Crippen LogP contribution is 2.46. The lowest BCUT2D eigenvalue weighted by Gasteiger charge is -2.42. The van der Waals surface area contributed by atoms with Crippen molar-refractivity contribution in [2.24, 2.45) is 0 Å². The Hall–Kier alpha value is -1.84. The number of hydrogen-bond donors (Lipinski definition) is 0. The van der Waals surface area contributed by atoms with E-state index in [2.05, 4.69) is 72.4 Å². The summed E-state index contributed by atoms with van der Waals surface area (Å²) in [7, 11) is 4.39. The van der Waals surface area contributed by atoms with E-state index in [0.29, 0.717) is 12.1 Å². The summed E-state index contributed by atoms with van der Waals surface area (Å²) in [5.41, 5.74) is 2.59. The van der Waals surface area contributed by atoms with Crippen molar-refractivity contribution in [3.8, 4) is 11.5 Å². The highest BCUT2D eigenvalue weighted by Gasteiger charge is 2.34. The molecule has 1 fully saturated rings. The molecule has 0 unspecified atom stereocenters. The van der Waals surface area contributed by atoms with Crippen molar-refractivity contribution in [1.29, 1.82) is 0 Å². The van der Waals surface area contributed by atoms with Crippen LogP contribution in [0.1, 0.15) is 30.0 Å².